The van der Waals surface area contributed by atoms with E-state index in [-0.39, 0.29) is 6.54 Å². The van der Waals surface area contributed by atoms with Crippen molar-refractivity contribution in [2.24, 2.45) is 0 Å². The highest BCUT2D eigenvalue weighted by Gasteiger charge is 2.51. The molecule has 0 saturated heterocycles. The molecule has 27 heavy (non-hydrogen) atoms. The van der Waals surface area contributed by atoms with Crippen LogP contribution in [0.2, 0.25) is 0 Å². The molecule has 7 heteroatoms. The third kappa shape index (κ3) is 2.97. The second-order valence-corrected chi connectivity index (χ2v) is 7.11. The fourth-order valence-corrected chi connectivity index (χ4v) is 3.79. The van der Waals surface area contributed by atoms with E-state index in [1.165, 1.54) is 11.3 Å². The second-order valence-electron chi connectivity index (χ2n) is 6.08. The first kappa shape index (κ1) is 17.3. The van der Waals surface area contributed by atoms with Crippen molar-refractivity contribution in [2.75, 3.05) is 10.2 Å². The Bertz CT molecular complexity index is 975. The van der Waals surface area contributed by atoms with Crippen LogP contribution in [0.15, 0.2) is 72.1 Å². The van der Waals surface area contributed by atoms with E-state index in [9.17, 15) is 14.7 Å². The van der Waals surface area contributed by atoms with E-state index in [2.05, 4.69) is 10.6 Å². The molecule has 1 aliphatic rings. The quantitative estimate of drug-likeness (QED) is 0.651. The van der Waals surface area contributed by atoms with Crippen LogP contribution in [0, 0.1) is 0 Å². The summed E-state index contributed by atoms with van der Waals surface area (Å²) in [6.07, 6.45) is 0. The monoisotopic (exact) mass is 379 g/mol. The molecule has 1 aromatic heterocycles. The summed E-state index contributed by atoms with van der Waals surface area (Å²) in [6, 6.07) is 18.6. The summed E-state index contributed by atoms with van der Waals surface area (Å²) in [5.41, 5.74) is -1.03. The lowest BCUT2D eigenvalue weighted by molar-refractivity contribution is -0.140. The van der Waals surface area contributed by atoms with Gasteiger partial charge in [-0.15, -0.1) is 11.3 Å². The Balaban J connectivity index is 1.78. The third-order valence-corrected chi connectivity index (χ3v) is 5.28. The average Bonchev–Trinajstić information content (AvgIpc) is 3.20. The molecule has 3 aromatic rings. The van der Waals surface area contributed by atoms with Gasteiger partial charge in [-0.1, -0.05) is 42.5 Å². The zero-order valence-corrected chi connectivity index (χ0v) is 15.1. The molecule has 1 atom stereocenters. The lowest BCUT2D eigenvalue weighted by atomic mass is 9.95. The minimum Gasteiger partial charge on any atom is -0.359 e. The lowest BCUT2D eigenvalue weighted by Crippen LogP contribution is -2.62. The van der Waals surface area contributed by atoms with Crippen LogP contribution in [0.5, 0.6) is 0 Å². The number of nitrogens with zero attached hydrogens (tertiary/aromatic N) is 1. The van der Waals surface area contributed by atoms with Gasteiger partial charge >= 0.3 is 6.03 Å². The van der Waals surface area contributed by atoms with E-state index in [0.29, 0.717) is 16.9 Å². The smallest absolute Gasteiger partial charge is 0.329 e. The van der Waals surface area contributed by atoms with Gasteiger partial charge in [0.1, 0.15) is 0 Å². The number of hydrogen-bond donors (Lipinski definition) is 3. The fourth-order valence-electron chi connectivity index (χ4n) is 3.14. The summed E-state index contributed by atoms with van der Waals surface area (Å²) in [6.45, 7) is 0.269. The highest BCUT2D eigenvalue weighted by Crippen LogP contribution is 2.39. The lowest BCUT2D eigenvalue weighted by Gasteiger charge is -2.42. The number of amides is 3. The minimum absolute atomic E-state index is 0.269. The molecule has 3 N–H and O–H groups in total. The summed E-state index contributed by atoms with van der Waals surface area (Å²) in [7, 11) is 0. The molecule has 2 heterocycles. The topological polar surface area (TPSA) is 81.7 Å². The van der Waals surface area contributed by atoms with Crippen LogP contribution < -0.4 is 15.5 Å². The molecule has 1 aliphatic heterocycles. The Morgan fingerprint density at radius 3 is 2.56 bits per heavy atom. The van der Waals surface area contributed by atoms with Gasteiger partial charge in [0.05, 0.1) is 12.2 Å². The Hall–Kier alpha value is -3.16. The maximum atomic E-state index is 13.1. The van der Waals surface area contributed by atoms with Crippen molar-refractivity contribution in [2.45, 2.75) is 12.3 Å². The number of thiophene rings is 1. The normalized spacial score (nSPS) is 18.6. The van der Waals surface area contributed by atoms with E-state index < -0.39 is 17.7 Å². The Kier molecular flexibility index (Phi) is 4.39. The van der Waals surface area contributed by atoms with Gasteiger partial charge in [-0.25, -0.2) is 4.79 Å². The maximum Gasteiger partial charge on any atom is 0.329 e. The summed E-state index contributed by atoms with van der Waals surface area (Å²) in [5, 5.41) is 19.0. The summed E-state index contributed by atoms with van der Waals surface area (Å²) in [4.78, 5) is 27.9. The van der Waals surface area contributed by atoms with Crippen molar-refractivity contribution in [3.63, 3.8) is 0 Å². The molecule has 1 unspecified atom stereocenters. The van der Waals surface area contributed by atoms with Gasteiger partial charge in [-0.05, 0) is 29.6 Å². The first-order valence-electron chi connectivity index (χ1n) is 8.39. The zero-order chi connectivity index (χ0) is 18.9. The number of anilines is 2. The summed E-state index contributed by atoms with van der Waals surface area (Å²) >= 11 is 1.50. The van der Waals surface area contributed by atoms with Crippen LogP contribution >= 0.6 is 11.3 Å². The Morgan fingerprint density at radius 2 is 1.81 bits per heavy atom. The molecule has 4 rings (SSSR count). The molecular formula is C20H17N3O3S. The van der Waals surface area contributed by atoms with Crippen molar-refractivity contribution in [3.8, 4) is 0 Å². The van der Waals surface area contributed by atoms with E-state index in [4.69, 9.17) is 0 Å². The SMILES string of the molecule is O=C1Nc2ccccc2C(O)(C(=O)NCc2cccs2)N1c1ccccc1. The molecule has 0 aliphatic carbocycles. The molecule has 0 radical (unpaired) electrons. The van der Waals surface area contributed by atoms with Gasteiger partial charge in [-0.2, -0.15) is 0 Å². The van der Waals surface area contributed by atoms with Crippen molar-refractivity contribution in [1.82, 2.24) is 5.32 Å². The van der Waals surface area contributed by atoms with E-state index >= 15 is 0 Å². The highest BCUT2D eigenvalue weighted by molar-refractivity contribution is 7.09. The van der Waals surface area contributed by atoms with Crippen molar-refractivity contribution in [1.29, 1.82) is 0 Å². The number of carbonyl (C=O) groups is 2. The van der Waals surface area contributed by atoms with E-state index in [1.807, 2.05) is 17.5 Å². The predicted molar refractivity (Wildman–Crippen MR) is 104 cm³/mol. The molecule has 0 bridgehead atoms. The molecule has 3 amide bonds. The van der Waals surface area contributed by atoms with Crippen LogP contribution in [0.1, 0.15) is 10.4 Å². The van der Waals surface area contributed by atoms with Crippen LogP contribution in [-0.2, 0) is 17.1 Å². The van der Waals surface area contributed by atoms with E-state index in [0.717, 1.165) is 9.78 Å². The van der Waals surface area contributed by atoms with Gasteiger partial charge in [0.15, 0.2) is 0 Å². The zero-order valence-electron chi connectivity index (χ0n) is 14.3. The minimum atomic E-state index is -2.17. The number of nitrogens with one attached hydrogen (secondary N) is 2. The number of urea groups is 1. The number of para-hydroxylation sites is 2. The maximum absolute atomic E-state index is 13.1. The van der Waals surface area contributed by atoms with E-state index in [1.54, 1.807) is 54.6 Å². The molecule has 136 valence electrons. The van der Waals surface area contributed by atoms with Crippen LogP contribution in [-0.4, -0.2) is 17.0 Å². The first-order chi connectivity index (χ1) is 13.1. The highest BCUT2D eigenvalue weighted by atomic mass is 32.1. The van der Waals surface area contributed by atoms with Crippen molar-refractivity contribution in [3.05, 3.63) is 82.6 Å². The van der Waals surface area contributed by atoms with Gasteiger partial charge in [0.25, 0.3) is 11.6 Å². The Morgan fingerprint density at radius 1 is 1.07 bits per heavy atom. The Labute approximate surface area is 160 Å². The first-order valence-corrected chi connectivity index (χ1v) is 9.27. The molecule has 0 saturated carbocycles. The molecule has 2 aromatic carbocycles. The van der Waals surface area contributed by atoms with Gasteiger partial charge < -0.3 is 15.7 Å². The van der Waals surface area contributed by atoms with Crippen LogP contribution in [0.4, 0.5) is 16.2 Å². The number of aliphatic hydroxyl groups is 1. The third-order valence-electron chi connectivity index (χ3n) is 4.41. The number of hydrogen-bond acceptors (Lipinski definition) is 4. The molecule has 0 fully saturated rings. The number of carbonyl (C=O) groups excluding carboxylic acids is 2. The largest absolute Gasteiger partial charge is 0.359 e. The molecule has 0 spiro atoms. The predicted octanol–water partition coefficient (Wildman–Crippen LogP) is 3.26. The number of benzene rings is 2. The fraction of sp³-hybridized carbons (Fsp3) is 0.100. The van der Waals surface area contributed by atoms with Crippen LogP contribution in [0.25, 0.3) is 0 Å². The molecule has 6 nitrogen and oxygen atoms in total. The molecular weight excluding hydrogens is 362 g/mol. The summed E-state index contributed by atoms with van der Waals surface area (Å²) in [5.74, 6) is -0.665. The van der Waals surface area contributed by atoms with Crippen LogP contribution in [0.3, 0.4) is 0 Å². The summed E-state index contributed by atoms with van der Waals surface area (Å²) < 4.78 is 0. The number of rotatable bonds is 4. The second kappa shape index (κ2) is 6.86. The van der Waals surface area contributed by atoms with Crippen molar-refractivity contribution < 1.29 is 14.7 Å². The standard InChI is InChI=1S/C20H17N3O3S/c24-18(21-13-15-9-6-12-27-15)20(26)16-10-4-5-11-17(16)22-19(25)23(20)14-7-2-1-3-8-14/h1-12,26H,13H2,(H,21,24)(H,22,25). The van der Waals surface area contributed by atoms with Gasteiger partial charge in [0.2, 0.25) is 0 Å². The average molecular weight is 379 g/mol. The number of fused-ring (bicyclic) bond motifs is 1. The van der Waals surface area contributed by atoms with Gasteiger partial charge in [0, 0.05) is 16.1 Å². The van der Waals surface area contributed by atoms with Crippen molar-refractivity contribution >= 4 is 34.6 Å². The van der Waals surface area contributed by atoms with Gasteiger partial charge in [-0.3, -0.25) is 9.69 Å².